The van der Waals surface area contributed by atoms with E-state index in [2.05, 4.69) is 24.1 Å². The molecule has 1 N–H and O–H groups in total. The number of nitrogens with zero attached hydrogens (tertiary/aromatic N) is 2. The number of fused-ring (bicyclic) bond motifs is 1. The van der Waals surface area contributed by atoms with Crippen molar-refractivity contribution in [3.8, 4) is 0 Å². The van der Waals surface area contributed by atoms with E-state index < -0.39 is 0 Å². The molecule has 2 heterocycles. The second-order valence-electron chi connectivity index (χ2n) is 7.12. The minimum atomic E-state index is -0.306. The Morgan fingerprint density at radius 3 is 2.81 bits per heavy atom. The highest BCUT2D eigenvalue weighted by Crippen LogP contribution is 2.29. The Labute approximate surface area is 153 Å². The molecule has 1 amide bonds. The number of rotatable bonds is 6. The van der Waals surface area contributed by atoms with Gasteiger partial charge in [0, 0.05) is 31.3 Å². The van der Waals surface area contributed by atoms with Gasteiger partial charge in [0.2, 0.25) is 5.91 Å². The summed E-state index contributed by atoms with van der Waals surface area (Å²) in [4.78, 5) is 16.9. The quantitative estimate of drug-likeness (QED) is 0.726. The van der Waals surface area contributed by atoms with Gasteiger partial charge in [-0.2, -0.15) is 0 Å². The van der Waals surface area contributed by atoms with Crippen LogP contribution in [0.4, 0.5) is 4.39 Å². The maximum atomic E-state index is 13.8. The molecule has 136 valence electrons. The van der Waals surface area contributed by atoms with Crippen LogP contribution in [-0.4, -0.2) is 21.8 Å². The van der Waals surface area contributed by atoms with Gasteiger partial charge in [-0.05, 0) is 48.2 Å². The SMILES string of the molecule is Cc1ccn2c(C(CC(=O)NCC(C)C)c3cccc(F)c3)cnc2c1. The van der Waals surface area contributed by atoms with E-state index in [1.165, 1.54) is 12.1 Å². The van der Waals surface area contributed by atoms with E-state index in [4.69, 9.17) is 0 Å². The Kier molecular flexibility index (Phi) is 5.35. The lowest BCUT2D eigenvalue weighted by Gasteiger charge is -2.18. The summed E-state index contributed by atoms with van der Waals surface area (Å²) >= 11 is 0. The monoisotopic (exact) mass is 353 g/mol. The maximum absolute atomic E-state index is 13.8. The van der Waals surface area contributed by atoms with Gasteiger partial charge in [-0.15, -0.1) is 0 Å². The predicted molar refractivity (Wildman–Crippen MR) is 101 cm³/mol. The molecule has 0 radical (unpaired) electrons. The summed E-state index contributed by atoms with van der Waals surface area (Å²) in [6.07, 6.45) is 3.98. The van der Waals surface area contributed by atoms with Crippen LogP contribution in [0.1, 0.15) is 43.0 Å². The molecule has 0 saturated heterocycles. The number of aryl methyl sites for hydroxylation is 1. The Hall–Kier alpha value is -2.69. The number of benzene rings is 1. The lowest BCUT2D eigenvalue weighted by atomic mass is 9.92. The molecule has 3 aromatic rings. The molecule has 1 unspecified atom stereocenters. The molecule has 26 heavy (non-hydrogen) atoms. The number of imidazole rings is 1. The van der Waals surface area contributed by atoms with E-state index in [1.54, 1.807) is 12.3 Å². The van der Waals surface area contributed by atoms with Crippen molar-refractivity contribution < 1.29 is 9.18 Å². The van der Waals surface area contributed by atoms with Crippen LogP contribution in [0.3, 0.4) is 0 Å². The zero-order chi connectivity index (χ0) is 18.7. The van der Waals surface area contributed by atoms with Gasteiger partial charge in [-0.1, -0.05) is 26.0 Å². The number of nitrogens with one attached hydrogen (secondary N) is 1. The largest absolute Gasteiger partial charge is 0.356 e. The molecule has 0 aliphatic carbocycles. The molecule has 0 aliphatic rings. The van der Waals surface area contributed by atoms with Gasteiger partial charge in [0.1, 0.15) is 11.5 Å². The molecule has 0 bridgehead atoms. The molecule has 0 spiro atoms. The first-order valence-corrected chi connectivity index (χ1v) is 8.90. The average Bonchev–Trinajstić information content (AvgIpc) is 3.00. The molecule has 0 fully saturated rings. The van der Waals surface area contributed by atoms with Crippen LogP contribution in [-0.2, 0) is 4.79 Å². The van der Waals surface area contributed by atoms with E-state index in [1.807, 2.05) is 35.7 Å². The zero-order valence-corrected chi connectivity index (χ0v) is 15.4. The van der Waals surface area contributed by atoms with Gasteiger partial charge < -0.3 is 9.72 Å². The molecule has 1 aromatic carbocycles. The number of aromatic nitrogens is 2. The van der Waals surface area contributed by atoms with Crippen molar-refractivity contribution in [2.75, 3.05) is 6.54 Å². The summed E-state index contributed by atoms with van der Waals surface area (Å²) in [5.74, 6) is -0.240. The number of amides is 1. The summed E-state index contributed by atoms with van der Waals surface area (Å²) in [7, 11) is 0. The van der Waals surface area contributed by atoms with Crippen molar-refractivity contribution in [3.63, 3.8) is 0 Å². The first-order chi connectivity index (χ1) is 12.4. The van der Waals surface area contributed by atoms with E-state index in [0.29, 0.717) is 12.5 Å². The summed E-state index contributed by atoms with van der Waals surface area (Å²) in [6, 6.07) is 10.4. The van der Waals surface area contributed by atoms with Crippen LogP contribution in [0.5, 0.6) is 0 Å². The summed E-state index contributed by atoms with van der Waals surface area (Å²) in [5.41, 5.74) is 3.59. The number of hydrogen-bond acceptors (Lipinski definition) is 2. The molecule has 0 aliphatic heterocycles. The number of hydrogen-bond donors (Lipinski definition) is 1. The van der Waals surface area contributed by atoms with Crippen LogP contribution in [0.15, 0.2) is 48.8 Å². The highest BCUT2D eigenvalue weighted by molar-refractivity contribution is 5.77. The van der Waals surface area contributed by atoms with E-state index in [-0.39, 0.29) is 24.1 Å². The minimum Gasteiger partial charge on any atom is -0.356 e. The second kappa shape index (κ2) is 7.68. The van der Waals surface area contributed by atoms with Crippen molar-refractivity contribution in [2.45, 2.75) is 33.1 Å². The fraction of sp³-hybridized carbons (Fsp3) is 0.333. The van der Waals surface area contributed by atoms with Crippen molar-refractivity contribution >= 4 is 11.6 Å². The third-order valence-corrected chi connectivity index (χ3v) is 4.40. The number of carbonyl (C=O) groups excluding carboxylic acids is 1. The molecule has 3 rings (SSSR count). The van der Waals surface area contributed by atoms with Crippen LogP contribution in [0.2, 0.25) is 0 Å². The van der Waals surface area contributed by atoms with Crippen LogP contribution in [0, 0.1) is 18.7 Å². The zero-order valence-electron chi connectivity index (χ0n) is 15.4. The Bertz CT molecular complexity index is 917. The topological polar surface area (TPSA) is 46.4 Å². The predicted octanol–water partition coefficient (Wildman–Crippen LogP) is 4.08. The lowest BCUT2D eigenvalue weighted by Crippen LogP contribution is -2.29. The molecular formula is C21H24FN3O. The van der Waals surface area contributed by atoms with Gasteiger partial charge in [-0.3, -0.25) is 4.79 Å². The van der Waals surface area contributed by atoms with Gasteiger partial charge in [0.25, 0.3) is 0 Å². The lowest BCUT2D eigenvalue weighted by molar-refractivity contribution is -0.121. The van der Waals surface area contributed by atoms with Crippen LogP contribution < -0.4 is 5.32 Å². The normalized spacial score (nSPS) is 12.5. The molecule has 2 aromatic heterocycles. The average molecular weight is 353 g/mol. The Morgan fingerprint density at radius 1 is 1.27 bits per heavy atom. The standard InChI is InChI=1S/C21H24FN3O/c1-14(2)12-24-21(26)11-18(16-5-4-6-17(22)10-16)19-13-23-20-9-15(3)7-8-25(19)20/h4-10,13-14,18H,11-12H2,1-3H3,(H,24,26). The van der Waals surface area contributed by atoms with Crippen molar-refractivity contribution in [2.24, 2.45) is 5.92 Å². The Balaban J connectivity index is 1.98. The highest BCUT2D eigenvalue weighted by Gasteiger charge is 2.22. The van der Waals surface area contributed by atoms with E-state index in [0.717, 1.165) is 22.5 Å². The minimum absolute atomic E-state index is 0.0463. The van der Waals surface area contributed by atoms with Gasteiger partial charge in [-0.25, -0.2) is 9.37 Å². The molecule has 1 atom stereocenters. The van der Waals surface area contributed by atoms with E-state index >= 15 is 0 Å². The fourth-order valence-electron chi connectivity index (χ4n) is 3.05. The first-order valence-electron chi connectivity index (χ1n) is 8.90. The maximum Gasteiger partial charge on any atom is 0.221 e. The number of carbonyl (C=O) groups is 1. The van der Waals surface area contributed by atoms with Gasteiger partial charge in [0.05, 0.1) is 5.69 Å². The highest BCUT2D eigenvalue weighted by atomic mass is 19.1. The smallest absolute Gasteiger partial charge is 0.221 e. The number of halogens is 1. The van der Waals surface area contributed by atoms with Crippen LogP contribution in [0.25, 0.3) is 5.65 Å². The summed E-state index contributed by atoms with van der Waals surface area (Å²) in [5, 5.41) is 2.95. The fourth-order valence-corrected chi connectivity index (χ4v) is 3.05. The molecule has 5 heteroatoms. The van der Waals surface area contributed by atoms with Gasteiger partial charge in [0.15, 0.2) is 0 Å². The molecular weight excluding hydrogens is 329 g/mol. The third kappa shape index (κ3) is 4.10. The Morgan fingerprint density at radius 2 is 2.08 bits per heavy atom. The first kappa shape index (κ1) is 18.1. The van der Waals surface area contributed by atoms with Crippen molar-refractivity contribution in [1.29, 1.82) is 0 Å². The van der Waals surface area contributed by atoms with Crippen molar-refractivity contribution in [3.05, 3.63) is 71.4 Å². The van der Waals surface area contributed by atoms with Crippen LogP contribution >= 0.6 is 0 Å². The third-order valence-electron chi connectivity index (χ3n) is 4.40. The second-order valence-corrected chi connectivity index (χ2v) is 7.12. The van der Waals surface area contributed by atoms with Crippen molar-refractivity contribution in [1.82, 2.24) is 14.7 Å². The number of pyridine rings is 1. The summed E-state index contributed by atoms with van der Waals surface area (Å²) in [6.45, 7) is 6.74. The van der Waals surface area contributed by atoms with E-state index in [9.17, 15) is 9.18 Å². The molecule has 0 saturated carbocycles. The molecule has 4 nitrogen and oxygen atoms in total. The summed E-state index contributed by atoms with van der Waals surface area (Å²) < 4.78 is 15.8. The van der Waals surface area contributed by atoms with Gasteiger partial charge >= 0.3 is 0 Å².